The van der Waals surface area contributed by atoms with E-state index in [9.17, 15) is 4.79 Å². The molecular formula is C16H14N2O3S2. The molecule has 23 heavy (non-hydrogen) atoms. The van der Waals surface area contributed by atoms with Crippen LogP contribution in [0.2, 0.25) is 0 Å². The summed E-state index contributed by atoms with van der Waals surface area (Å²) in [5, 5.41) is 3.85. The number of nitrogens with two attached hydrogens (primary N) is 1. The number of hydrogen-bond acceptors (Lipinski definition) is 6. The Balaban J connectivity index is 1.75. The van der Waals surface area contributed by atoms with Crippen LogP contribution < -0.4 is 20.1 Å². The molecule has 118 valence electrons. The zero-order chi connectivity index (χ0) is 15.8. The fraction of sp³-hybridized carbons (Fsp3) is 0.188. The second-order valence-corrected chi connectivity index (χ2v) is 7.00. The minimum Gasteiger partial charge on any atom is -0.486 e. The van der Waals surface area contributed by atoms with Gasteiger partial charge in [0.1, 0.15) is 24.3 Å². The van der Waals surface area contributed by atoms with Crippen molar-refractivity contribution in [2.75, 3.05) is 18.1 Å². The number of hydrogen-bond donors (Lipinski definition) is 1. The molecule has 2 aliphatic rings. The Kier molecular flexibility index (Phi) is 3.66. The average molecular weight is 346 g/mol. The van der Waals surface area contributed by atoms with Gasteiger partial charge < -0.3 is 20.1 Å². The Hall–Kier alpha value is -2.12. The predicted molar refractivity (Wildman–Crippen MR) is 91.8 cm³/mol. The quantitative estimate of drug-likeness (QED) is 0.925. The summed E-state index contributed by atoms with van der Waals surface area (Å²) in [6.45, 7) is 1.08. The molecule has 2 aromatic rings. The minimum atomic E-state index is -0.438. The molecule has 1 aromatic heterocycles. The molecule has 7 heteroatoms. The third-order valence-electron chi connectivity index (χ3n) is 3.65. The molecule has 1 unspecified atom stereocenters. The maximum Gasteiger partial charge on any atom is 0.265 e. The zero-order valence-corrected chi connectivity index (χ0v) is 13.7. The molecule has 1 aromatic carbocycles. The normalized spacial score (nSPS) is 19.6. The lowest BCUT2D eigenvalue weighted by atomic mass is 10.2. The van der Waals surface area contributed by atoms with Crippen molar-refractivity contribution in [1.29, 1.82) is 0 Å². The third kappa shape index (κ3) is 2.55. The molecule has 0 saturated carbocycles. The molecule has 1 amide bonds. The monoisotopic (exact) mass is 346 g/mol. The van der Waals surface area contributed by atoms with Crippen molar-refractivity contribution in [3.05, 3.63) is 51.7 Å². The Morgan fingerprint density at radius 2 is 2.04 bits per heavy atom. The van der Waals surface area contributed by atoms with Crippen molar-refractivity contribution in [3.63, 3.8) is 0 Å². The molecule has 0 fully saturated rings. The zero-order valence-electron chi connectivity index (χ0n) is 12.1. The highest BCUT2D eigenvalue weighted by Crippen LogP contribution is 2.48. The fourth-order valence-electron chi connectivity index (χ4n) is 2.63. The summed E-state index contributed by atoms with van der Waals surface area (Å²) in [5.41, 5.74) is 6.92. The molecule has 3 heterocycles. The van der Waals surface area contributed by atoms with Gasteiger partial charge in [0.05, 0.1) is 0 Å². The lowest BCUT2D eigenvalue weighted by Crippen LogP contribution is -2.30. The second-order valence-electron chi connectivity index (χ2n) is 5.07. The molecule has 0 bridgehead atoms. The Morgan fingerprint density at radius 1 is 1.22 bits per heavy atom. The van der Waals surface area contributed by atoms with E-state index in [1.807, 2.05) is 40.0 Å². The van der Waals surface area contributed by atoms with Crippen LogP contribution in [0, 0.1) is 0 Å². The van der Waals surface area contributed by atoms with E-state index >= 15 is 0 Å². The van der Waals surface area contributed by atoms with Gasteiger partial charge in [0.15, 0.2) is 11.5 Å². The first-order valence-electron chi connectivity index (χ1n) is 7.12. The van der Waals surface area contributed by atoms with Gasteiger partial charge in [0.25, 0.3) is 5.91 Å². The topological polar surface area (TPSA) is 64.8 Å². The summed E-state index contributed by atoms with van der Waals surface area (Å²) in [6.07, 6.45) is 0. The number of anilines is 1. The van der Waals surface area contributed by atoms with Gasteiger partial charge in [-0.15, -0.1) is 23.1 Å². The summed E-state index contributed by atoms with van der Waals surface area (Å²) < 4.78 is 11.2. The van der Waals surface area contributed by atoms with Crippen LogP contribution in [0.1, 0.15) is 10.3 Å². The van der Waals surface area contributed by atoms with Crippen molar-refractivity contribution in [3.8, 4) is 11.5 Å². The molecule has 4 rings (SSSR count). The molecule has 5 nitrogen and oxygen atoms in total. The predicted octanol–water partition coefficient (Wildman–Crippen LogP) is 3.10. The van der Waals surface area contributed by atoms with E-state index < -0.39 is 5.91 Å². The standard InChI is InChI=1S/C16H14N2O3S2/c17-15(19)11-9-23-16(14-2-1-7-22-14)18(11)10-3-4-12-13(8-10)21-6-5-20-12/h1-4,7-9,16H,5-6H2,(H2,17,19). The number of primary amides is 1. The highest BCUT2D eigenvalue weighted by molar-refractivity contribution is 8.02. The van der Waals surface area contributed by atoms with Crippen LogP contribution in [-0.2, 0) is 4.79 Å². The second kappa shape index (κ2) is 5.82. The summed E-state index contributed by atoms with van der Waals surface area (Å²) >= 11 is 3.24. The SMILES string of the molecule is NC(=O)C1=CSC(c2cccs2)N1c1ccc2c(c1)OCCO2. The smallest absolute Gasteiger partial charge is 0.265 e. The maximum atomic E-state index is 11.8. The molecule has 1 atom stereocenters. The van der Waals surface area contributed by atoms with Crippen LogP contribution in [-0.4, -0.2) is 19.1 Å². The summed E-state index contributed by atoms with van der Waals surface area (Å²) in [6, 6.07) is 9.77. The van der Waals surface area contributed by atoms with Crippen LogP contribution in [0.15, 0.2) is 46.8 Å². The van der Waals surface area contributed by atoms with Gasteiger partial charge in [-0.2, -0.15) is 0 Å². The number of amides is 1. The van der Waals surface area contributed by atoms with E-state index in [1.165, 1.54) is 0 Å². The molecule has 0 saturated heterocycles. The number of nitrogens with zero attached hydrogens (tertiary/aromatic N) is 1. The summed E-state index contributed by atoms with van der Waals surface area (Å²) in [5.74, 6) is 0.981. The first kappa shape index (κ1) is 14.5. The highest BCUT2D eigenvalue weighted by Gasteiger charge is 2.33. The molecular weight excluding hydrogens is 332 g/mol. The van der Waals surface area contributed by atoms with Crippen molar-refractivity contribution in [2.45, 2.75) is 5.37 Å². The van der Waals surface area contributed by atoms with Gasteiger partial charge in [-0.25, -0.2) is 0 Å². The van der Waals surface area contributed by atoms with Crippen LogP contribution in [0.25, 0.3) is 0 Å². The number of carbonyl (C=O) groups excluding carboxylic acids is 1. The van der Waals surface area contributed by atoms with Crippen LogP contribution in [0.5, 0.6) is 11.5 Å². The number of carbonyl (C=O) groups is 1. The molecule has 2 N–H and O–H groups in total. The Bertz CT molecular complexity index is 774. The van der Waals surface area contributed by atoms with E-state index in [-0.39, 0.29) is 5.37 Å². The summed E-state index contributed by atoms with van der Waals surface area (Å²) in [7, 11) is 0. The van der Waals surface area contributed by atoms with Crippen LogP contribution in [0.3, 0.4) is 0 Å². The van der Waals surface area contributed by atoms with Gasteiger partial charge in [0.2, 0.25) is 0 Å². The first-order valence-corrected chi connectivity index (χ1v) is 8.94. The molecule has 0 radical (unpaired) electrons. The van der Waals surface area contributed by atoms with E-state index in [0.717, 1.165) is 16.3 Å². The number of fused-ring (bicyclic) bond motifs is 1. The lowest BCUT2D eigenvalue weighted by Gasteiger charge is -2.28. The van der Waals surface area contributed by atoms with Gasteiger partial charge >= 0.3 is 0 Å². The first-order chi connectivity index (χ1) is 11.2. The van der Waals surface area contributed by atoms with Gasteiger partial charge in [-0.1, -0.05) is 6.07 Å². The molecule has 2 aliphatic heterocycles. The van der Waals surface area contributed by atoms with Gasteiger partial charge in [0, 0.05) is 22.0 Å². The van der Waals surface area contributed by atoms with E-state index in [2.05, 4.69) is 6.07 Å². The van der Waals surface area contributed by atoms with Gasteiger partial charge in [-0.05, 0) is 23.6 Å². The number of thiophene rings is 1. The number of benzene rings is 1. The number of ether oxygens (including phenoxy) is 2. The van der Waals surface area contributed by atoms with E-state index in [1.54, 1.807) is 23.1 Å². The van der Waals surface area contributed by atoms with Crippen LogP contribution >= 0.6 is 23.1 Å². The maximum absolute atomic E-state index is 11.8. The number of rotatable bonds is 3. The van der Waals surface area contributed by atoms with Crippen molar-refractivity contribution < 1.29 is 14.3 Å². The minimum absolute atomic E-state index is 0.0000546. The third-order valence-corrected chi connectivity index (χ3v) is 5.80. The van der Waals surface area contributed by atoms with Crippen molar-refractivity contribution in [2.24, 2.45) is 5.73 Å². The highest BCUT2D eigenvalue weighted by atomic mass is 32.2. The van der Waals surface area contributed by atoms with E-state index in [4.69, 9.17) is 15.2 Å². The average Bonchev–Trinajstić information content (AvgIpc) is 3.23. The summed E-state index contributed by atoms with van der Waals surface area (Å²) in [4.78, 5) is 15.0. The fourth-order valence-corrected chi connectivity index (χ4v) is 4.72. The largest absolute Gasteiger partial charge is 0.486 e. The lowest BCUT2D eigenvalue weighted by molar-refractivity contribution is -0.114. The Labute approximate surface area is 141 Å². The Morgan fingerprint density at radius 3 is 2.78 bits per heavy atom. The van der Waals surface area contributed by atoms with Crippen molar-refractivity contribution >= 4 is 34.7 Å². The van der Waals surface area contributed by atoms with E-state index in [0.29, 0.717) is 24.7 Å². The molecule has 0 aliphatic carbocycles. The van der Waals surface area contributed by atoms with Crippen LogP contribution in [0.4, 0.5) is 5.69 Å². The molecule has 0 spiro atoms. The number of thioether (sulfide) groups is 1. The van der Waals surface area contributed by atoms with Gasteiger partial charge in [-0.3, -0.25) is 4.79 Å². The van der Waals surface area contributed by atoms with Crippen molar-refractivity contribution in [1.82, 2.24) is 0 Å².